The number of aliphatic imine (C=N–C) groups is 1. The molecule has 1 saturated heterocycles. The zero-order valence-electron chi connectivity index (χ0n) is 16.2. The summed E-state index contributed by atoms with van der Waals surface area (Å²) in [6.45, 7) is 4.67. The second-order valence-electron chi connectivity index (χ2n) is 7.07. The topological polar surface area (TPSA) is 66.0 Å². The van der Waals surface area contributed by atoms with E-state index in [1.807, 2.05) is 14.0 Å². The van der Waals surface area contributed by atoms with E-state index >= 15 is 0 Å². The van der Waals surface area contributed by atoms with Crippen molar-refractivity contribution in [2.45, 2.75) is 38.1 Å². The summed E-state index contributed by atoms with van der Waals surface area (Å²) in [4.78, 5) is 17.9. The van der Waals surface area contributed by atoms with Gasteiger partial charge in [-0.05, 0) is 43.6 Å². The predicted molar refractivity (Wildman–Crippen MR) is 119 cm³/mol. The molecule has 0 spiro atoms. The zero-order valence-corrected chi connectivity index (χ0v) is 18.5. The highest BCUT2D eigenvalue weighted by Crippen LogP contribution is 2.46. The van der Waals surface area contributed by atoms with Crippen LogP contribution in [0.15, 0.2) is 35.3 Å². The molecule has 1 aromatic carbocycles. The van der Waals surface area contributed by atoms with Crippen molar-refractivity contribution in [1.82, 2.24) is 15.5 Å². The van der Waals surface area contributed by atoms with Gasteiger partial charge in [-0.15, -0.1) is 24.0 Å². The van der Waals surface area contributed by atoms with Gasteiger partial charge in [0.25, 0.3) is 0 Å². The molecule has 1 aromatic rings. The van der Waals surface area contributed by atoms with Crippen molar-refractivity contribution in [3.63, 3.8) is 0 Å². The first kappa shape index (κ1) is 21.8. The molecule has 2 aliphatic rings. The van der Waals surface area contributed by atoms with Crippen molar-refractivity contribution in [2.24, 2.45) is 10.9 Å². The lowest BCUT2D eigenvalue weighted by molar-refractivity contribution is 0.0963. The highest BCUT2D eigenvalue weighted by molar-refractivity contribution is 14.0. The highest BCUT2D eigenvalue weighted by atomic mass is 127. The lowest BCUT2D eigenvalue weighted by Crippen LogP contribution is -2.50. The quantitative estimate of drug-likeness (QED) is 0.381. The number of hydrogen-bond acceptors (Lipinski definition) is 3. The summed E-state index contributed by atoms with van der Waals surface area (Å²) in [6, 6.07) is 11.1. The number of carbonyl (C=O) groups excluding carboxylic acids is 1. The average Bonchev–Trinajstić information content (AvgIpc) is 3.46. The maximum absolute atomic E-state index is 11.8. The van der Waals surface area contributed by atoms with Crippen molar-refractivity contribution in [3.8, 4) is 0 Å². The summed E-state index contributed by atoms with van der Waals surface area (Å²) in [5.41, 5.74) is 1.44. The van der Waals surface area contributed by atoms with Crippen LogP contribution in [-0.4, -0.2) is 56.3 Å². The number of carbonyl (C=O) groups is 1. The third-order valence-electron chi connectivity index (χ3n) is 5.27. The van der Waals surface area contributed by atoms with Crippen LogP contribution in [0.5, 0.6) is 0 Å². The Bertz CT molecular complexity index is 618. The van der Waals surface area contributed by atoms with Gasteiger partial charge in [-0.1, -0.05) is 30.3 Å². The number of amides is 1. The second kappa shape index (κ2) is 10.7. The average molecular weight is 486 g/mol. The Morgan fingerprint density at radius 2 is 1.96 bits per heavy atom. The molecule has 6 nitrogen and oxygen atoms in total. The van der Waals surface area contributed by atoms with Gasteiger partial charge in [0.2, 0.25) is 0 Å². The minimum absolute atomic E-state index is 0. The highest BCUT2D eigenvalue weighted by Gasteiger charge is 2.38. The molecule has 27 heavy (non-hydrogen) atoms. The van der Waals surface area contributed by atoms with Gasteiger partial charge in [-0.25, -0.2) is 4.79 Å². The molecule has 3 rings (SSSR count). The minimum atomic E-state index is -0.200. The molecule has 2 fully saturated rings. The van der Waals surface area contributed by atoms with Gasteiger partial charge < -0.3 is 20.3 Å². The second-order valence-corrected chi connectivity index (χ2v) is 7.07. The lowest BCUT2D eigenvalue weighted by atomic mass is 10.1. The molecule has 0 radical (unpaired) electrons. The Labute approximate surface area is 179 Å². The Kier molecular flexibility index (Phi) is 8.66. The molecule has 0 aromatic heterocycles. The summed E-state index contributed by atoms with van der Waals surface area (Å²) in [5.74, 6) is 2.22. The molecule has 1 heterocycles. The van der Waals surface area contributed by atoms with Crippen molar-refractivity contribution in [2.75, 3.05) is 33.3 Å². The van der Waals surface area contributed by atoms with E-state index in [9.17, 15) is 4.79 Å². The van der Waals surface area contributed by atoms with Crippen LogP contribution >= 0.6 is 24.0 Å². The fourth-order valence-electron chi connectivity index (χ4n) is 3.62. The first-order chi connectivity index (χ1) is 12.7. The number of hydrogen-bond donors (Lipinski definition) is 2. The number of piperidine rings is 1. The van der Waals surface area contributed by atoms with Crippen molar-refractivity contribution >= 4 is 36.0 Å². The molecule has 0 bridgehead atoms. The number of ether oxygens (including phenoxy) is 1. The molecule has 7 heteroatoms. The third-order valence-corrected chi connectivity index (χ3v) is 5.27. The molecule has 150 valence electrons. The lowest BCUT2D eigenvalue weighted by Gasteiger charge is -2.32. The Morgan fingerprint density at radius 1 is 1.26 bits per heavy atom. The first-order valence-corrected chi connectivity index (χ1v) is 9.65. The third kappa shape index (κ3) is 6.26. The summed E-state index contributed by atoms with van der Waals surface area (Å²) < 4.78 is 5.07. The molecule has 2 atom stereocenters. The van der Waals surface area contributed by atoms with Crippen LogP contribution in [0.3, 0.4) is 0 Å². The van der Waals surface area contributed by atoms with E-state index in [-0.39, 0.29) is 30.1 Å². The predicted octanol–water partition coefficient (Wildman–Crippen LogP) is 3.19. The van der Waals surface area contributed by atoms with E-state index in [4.69, 9.17) is 4.74 Å². The molecular formula is C20H31IN4O2. The molecular weight excluding hydrogens is 455 g/mol. The Balaban J connectivity index is 0.00000261. The summed E-state index contributed by atoms with van der Waals surface area (Å²) in [5, 5.41) is 6.96. The van der Waals surface area contributed by atoms with Gasteiger partial charge >= 0.3 is 6.09 Å². The summed E-state index contributed by atoms with van der Waals surface area (Å²) >= 11 is 0. The van der Waals surface area contributed by atoms with Gasteiger partial charge in [0.1, 0.15) is 0 Å². The van der Waals surface area contributed by atoms with Crippen LogP contribution in [0.2, 0.25) is 0 Å². The van der Waals surface area contributed by atoms with Crippen LogP contribution < -0.4 is 10.6 Å². The van der Waals surface area contributed by atoms with E-state index in [1.54, 1.807) is 4.90 Å². The molecule has 2 N–H and O–H groups in total. The molecule has 1 amide bonds. The van der Waals surface area contributed by atoms with Crippen LogP contribution in [0.4, 0.5) is 4.79 Å². The number of nitrogens with zero attached hydrogens (tertiary/aromatic N) is 2. The molecule has 1 saturated carbocycles. The van der Waals surface area contributed by atoms with E-state index in [2.05, 4.69) is 46.0 Å². The number of benzene rings is 1. The first-order valence-electron chi connectivity index (χ1n) is 9.65. The standard InChI is InChI=1S/C20H30N4O2.HI/c1-3-26-20(25)24-11-9-17(10-12-24)23-19(21-2)22-14-16-13-18(16)15-7-5-4-6-8-15;/h4-8,16-18H,3,9-14H2,1-2H3,(H2,21,22,23);1H. The van der Waals surface area contributed by atoms with Crippen molar-refractivity contribution < 1.29 is 9.53 Å². The van der Waals surface area contributed by atoms with Crippen molar-refractivity contribution in [3.05, 3.63) is 35.9 Å². The van der Waals surface area contributed by atoms with Crippen LogP contribution in [0.25, 0.3) is 0 Å². The molecule has 1 aliphatic heterocycles. The monoisotopic (exact) mass is 486 g/mol. The van der Waals surface area contributed by atoms with Crippen LogP contribution in [-0.2, 0) is 4.74 Å². The fourth-order valence-corrected chi connectivity index (χ4v) is 3.62. The van der Waals surface area contributed by atoms with Crippen LogP contribution in [0.1, 0.15) is 37.7 Å². The van der Waals surface area contributed by atoms with Gasteiger partial charge in [0.15, 0.2) is 5.96 Å². The number of halogens is 1. The normalized spacial score (nSPS) is 22.6. The number of rotatable bonds is 5. The SMILES string of the molecule is CCOC(=O)N1CCC(NC(=NC)NCC2CC2c2ccccc2)CC1.I. The molecule has 2 unspecified atom stereocenters. The zero-order chi connectivity index (χ0) is 18.4. The number of nitrogens with one attached hydrogen (secondary N) is 2. The minimum Gasteiger partial charge on any atom is -0.450 e. The summed E-state index contributed by atoms with van der Waals surface area (Å²) in [6.07, 6.45) is 2.87. The Hall–Kier alpha value is -1.51. The Morgan fingerprint density at radius 3 is 2.59 bits per heavy atom. The molecule has 1 aliphatic carbocycles. The van der Waals surface area contributed by atoms with Gasteiger partial charge in [-0.2, -0.15) is 0 Å². The van der Waals surface area contributed by atoms with E-state index in [1.165, 1.54) is 12.0 Å². The fraction of sp³-hybridized carbons (Fsp3) is 0.600. The maximum Gasteiger partial charge on any atom is 0.409 e. The summed E-state index contributed by atoms with van der Waals surface area (Å²) in [7, 11) is 1.81. The van der Waals surface area contributed by atoms with Gasteiger partial charge in [0.05, 0.1) is 6.61 Å². The number of likely N-dealkylation sites (tertiary alicyclic amines) is 1. The smallest absolute Gasteiger partial charge is 0.409 e. The maximum atomic E-state index is 11.8. The van der Waals surface area contributed by atoms with Gasteiger partial charge in [0, 0.05) is 32.7 Å². The van der Waals surface area contributed by atoms with Gasteiger partial charge in [-0.3, -0.25) is 4.99 Å². The largest absolute Gasteiger partial charge is 0.450 e. The van der Waals surface area contributed by atoms with E-state index in [0.29, 0.717) is 24.5 Å². The van der Waals surface area contributed by atoms with Crippen molar-refractivity contribution in [1.29, 1.82) is 0 Å². The van der Waals surface area contributed by atoms with E-state index in [0.717, 1.165) is 38.4 Å². The van der Waals surface area contributed by atoms with Crippen LogP contribution in [0, 0.1) is 5.92 Å². The van der Waals surface area contributed by atoms with E-state index < -0.39 is 0 Å². The number of guanidine groups is 1.